The standard InChI is InChI=1S/C30H41N5O5/c1-8-10-21-12-13-22-14-15-23(33-25(22)17-21)18(2)31-27(37)24-11-9-16-35(34-24)29(39)19(3)32-28(38)26(30(5,6)7)40-20(4)36/h8,10,12-15,17-19,24,26,34H,9,11,16H2,1-7H3,(H,31,37)(H,32,38)/b10-8+/t18-,19+,24+,26-/m1/s1. The fraction of sp³-hybridized carbons (Fsp3) is 0.500. The van der Waals surface area contributed by atoms with Gasteiger partial charge in [0.2, 0.25) is 5.91 Å². The van der Waals surface area contributed by atoms with Crippen molar-refractivity contribution in [3.63, 3.8) is 0 Å². The quantitative estimate of drug-likeness (QED) is 0.429. The Bertz CT molecular complexity index is 1280. The molecule has 0 saturated carbocycles. The Morgan fingerprint density at radius 1 is 1.12 bits per heavy atom. The lowest BCUT2D eigenvalue weighted by atomic mass is 9.88. The Kier molecular flexibility index (Phi) is 10.0. The third-order valence-electron chi connectivity index (χ3n) is 6.71. The lowest BCUT2D eigenvalue weighted by Crippen LogP contribution is -2.61. The molecule has 1 aromatic carbocycles. The number of hydrazine groups is 1. The average Bonchev–Trinajstić information content (AvgIpc) is 2.90. The van der Waals surface area contributed by atoms with E-state index in [4.69, 9.17) is 9.72 Å². The maximum absolute atomic E-state index is 13.1. The molecular weight excluding hydrogens is 510 g/mol. The summed E-state index contributed by atoms with van der Waals surface area (Å²) in [5.41, 5.74) is 4.99. The SMILES string of the molecule is C/C=C/c1ccc2ccc([C@@H](C)NC(=O)[C@@H]3CCCN(C(=O)[C@H](C)NC(=O)[C@@H](OC(C)=O)C(C)(C)C)N3)nc2c1. The smallest absolute Gasteiger partial charge is 0.303 e. The fourth-order valence-electron chi connectivity index (χ4n) is 4.58. The maximum atomic E-state index is 13.1. The second-order valence-corrected chi connectivity index (χ2v) is 11.3. The Balaban J connectivity index is 1.62. The molecule has 0 unspecified atom stereocenters. The molecule has 216 valence electrons. The van der Waals surface area contributed by atoms with Gasteiger partial charge in [0.1, 0.15) is 12.1 Å². The topological polar surface area (TPSA) is 130 Å². The van der Waals surface area contributed by atoms with Gasteiger partial charge in [-0.3, -0.25) is 29.2 Å². The van der Waals surface area contributed by atoms with E-state index in [0.717, 1.165) is 22.2 Å². The van der Waals surface area contributed by atoms with Crippen molar-refractivity contribution in [1.29, 1.82) is 0 Å². The highest BCUT2D eigenvalue weighted by atomic mass is 16.5. The number of hydrogen-bond donors (Lipinski definition) is 3. The maximum Gasteiger partial charge on any atom is 0.303 e. The summed E-state index contributed by atoms with van der Waals surface area (Å²) < 4.78 is 5.21. The molecule has 10 heteroatoms. The van der Waals surface area contributed by atoms with Crippen molar-refractivity contribution in [1.82, 2.24) is 26.1 Å². The third kappa shape index (κ3) is 7.88. The van der Waals surface area contributed by atoms with Crippen LogP contribution < -0.4 is 16.1 Å². The van der Waals surface area contributed by atoms with Crippen molar-refractivity contribution in [2.75, 3.05) is 6.54 Å². The largest absolute Gasteiger partial charge is 0.452 e. The fourth-order valence-corrected chi connectivity index (χ4v) is 4.58. The van der Waals surface area contributed by atoms with Crippen LogP contribution in [0.25, 0.3) is 17.0 Å². The summed E-state index contributed by atoms with van der Waals surface area (Å²) in [6, 6.07) is 8.09. The van der Waals surface area contributed by atoms with E-state index in [1.165, 1.54) is 11.9 Å². The van der Waals surface area contributed by atoms with Gasteiger partial charge in [0.05, 0.1) is 17.3 Å². The Hall–Kier alpha value is -3.79. The minimum absolute atomic E-state index is 0.242. The van der Waals surface area contributed by atoms with E-state index in [1.54, 1.807) is 27.7 Å². The number of ether oxygens (including phenoxy) is 1. The highest BCUT2D eigenvalue weighted by Gasteiger charge is 2.37. The number of nitrogens with zero attached hydrogens (tertiary/aromatic N) is 2. The van der Waals surface area contributed by atoms with Crippen molar-refractivity contribution in [2.24, 2.45) is 5.41 Å². The predicted octanol–water partition coefficient (Wildman–Crippen LogP) is 3.42. The van der Waals surface area contributed by atoms with E-state index in [-0.39, 0.29) is 17.9 Å². The number of hydrogen-bond acceptors (Lipinski definition) is 7. The minimum atomic E-state index is -1.05. The van der Waals surface area contributed by atoms with E-state index in [9.17, 15) is 19.2 Å². The molecule has 10 nitrogen and oxygen atoms in total. The van der Waals surface area contributed by atoms with Gasteiger partial charge < -0.3 is 15.4 Å². The highest BCUT2D eigenvalue weighted by Crippen LogP contribution is 2.23. The Morgan fingerprint density at radius 3 is 2.48 bits per heavy atom. The second kappa shape index (κ2) is 13.0. The van der Waals surface area contributed by atoms with Gasteiger partial charge >= 0.3 is 5.97 Å². The normalized spacial score (nSPS) is 18.2. The summed E-state index contributed by atoms with van der Waals surface area (Å²) >= 11 is 0. The van der Waals surface area contributed by atoms with Crippen molar-refractivity contribution in [2.45, 2.75) is 85.5 Å². The van der Waals surface area contributed by atoms with E-state index in [1.807, 2.05) is 56.3 Å². The van der Waals surface area contributed by atoms with Gasteiger partial charge in [0, 0.05) is 24.3 Å². The molecule has 40 heavy (non-hydrogen) atoms. The number of aromatic nitrogens is 1. The molecule has 2 aromatic rings. The molecule has 4 atom stereocenters. The van der Waals surface area contributed by atoms with Crippen LogP contribution in [0.5, 0.6) is 0 Å². The minimum Gasteiger partial charge on any atom is -0.452 e. The number of carbonyl (C=O) groups is 4. The molecule has 0 spiro atoms. The second-order valence-electron chi connectivity index (χ2n) is 11.3. The molecule has 1 aliphatic rings. The lowest BCUT2D eigenvalue weighted by Gasteiger charge is -2.35. The van der Waals surface area contributed by atoms with Gasteiger partial charge in [-0.05, 0) is 51.3 Å². The summed E-state index contributed by atoms with van der Waals surface area (Å²) in [4.78, 5) is 55.4. The van der Waals surface area contributed by atoms with E-state index in [2.05, 4.69) is 16.1 Å². The van der Waals surface area contributed by atoms with Gasteiger partial charge in [-0.1, -0.05) is 51.1 Å². The van der Waals surface area contributed by atoms with Crippen LogP contribution in [0, 0.1) is 5.41 Å². The van der Waals surface area contributed by atoms with E-state index >= 15 is 0 Å². The van der Waals surface area contributed by atoms with Gasteiger partial charge in [-0.25, -0.2) is 5.43 Å². The molecule has 0 bridgehead atoms. The van der Waals surface area contributed by atoms with Gasteiger partial charge in [-0.15, -0.1) is 0 Å². The van der Waals surface area contributed by atoms with Crippen molar-refractivity contribution < 1.29 is 23.9 Å². The van der Waals surface area contributed by atoms with Crippen LogP contribution in [0.15, 0.2) is 36.4 Å². The summed E-state index contributed by atoms with van der Waals surface area (Å²) in [5.74, 6) is -1.76. The van der Waals surface area contributed by atoms with Crippen molar-refractivity contribution in [3.05, 3.63) is 47.7 Å². The summed E-state index contributed by atoms with van der Waals surface area (Å²) in [6.07, 6.45) is 4.11. The number of amides is 3. The highest BCUT2D eigenvalue weighted by molar-refractivity contribution is 5.91. The molecule has 2 heterocycles. The molecular formula is C30H41N5O5. The number of esters is 1. The number of rotatable bonds is 8. The molecule has 1 aliphatic heterocycles. The van der Waals surface area contributed by atoms with Gasteiger partial charge in [-0.2, -0.15) is 0 Å². The van der Waals surface area contributed by atoms with E-state index in [0.29, 0.717) is 19.4 Å². The molecule has 1 saturated heterocycles. The zero-order chi connectivity index (χ0) is 29.6. The predicted molar refractivity (Wildman–Crippen MR) is 153 cm³/mol. The zero-order valence-electron chi connectivity index (χ0n) is 24.4. The van der Waals surface area contributed by atoms with E-state index < -0.39 is 35.5 Å². The number of fused-ring (bicyclic) bond motifs is 1. The monoisotopic (exact) mass is 551 g/mol. The summed E-state index contributed by atoms with van der Waals surface area (Å²) in [7, 11) is 0. The lowest BCUT2D eigenvalue weighted by molar-refractivity contribution is -0.161. The van der Waals surface area contributed by atoms with Crippen LogP contribution in [0.1, 0.15) is 78.6 Å². The van der Waals surface area contributed by atoms with Crippen LogP contribution in [0.4, 0.5) is 0 Å². The summed E-state index contributed by atoms with van der Waals surface area (Å²) in [5, 5.41) is 8.05. The molecule has 3 amide bonds. The van der Waals surface area contributed by atoms with Crippen molar-refractivity contribution >= 4 is 40.7 Å². The molecule has 3 N–H and O–H groups in total. The van der Waals surface area contributed by atoms with Crippen LogP contribution in [0.2, 0.25) is 0 Å². The Labute approximate surface area is 235 Å². The molecule has 3 rings (SSSR count). The molecule has 0 aliphatic carbocycles. The van der Waals surface area contributed by atoms with Gasteiger partial charge in [0.25, 0.3) is 11.8 Å². The van der Waals surface area contributed by atoms with Crippen LogP contribution in [-0.4, -0.2) is 58.4 Å². The average molecular weight is 552 g/mol. The van der Waals surface area contributed by atoms with Crippen LogP contribution in [-0.2, 0) is 23.9 Å². The molecule has 0 radical (unpaired) electrons. The van der Waals surface area contributed by atoms with Crippen LogP contribution >= 0.6 is 0 Å². The molecule has 1 fully saturated rings. The van der Waals surface area contributed by atoms with Crippen LogP contribution in [0.3, 0.4) is 0 Å². The number of allylic oxidation sites excluding steroid dienone is 1. The van der Waals surface area contributed by atoms with Crippen molar-refractivity contribution in [3.8, 4) is 0 Å². The Morgan fingerprint density at radius 2 is 1.82 bits per heavy atom. The van der Waals surface area contributed by atoms with Gasteiger partial charge in [0.15, 0.2) is 6.10 Å². The first-order valence-corrected chi connectivity index (χ1v) is 13.7. The number of carbonyl (C=O) groups excluding carboxylic acids is 4. The first-order chi connectivity index (χ1) is 18.8. The first kappa shape index (κ1) is 30.7. The zero-order valence-corrected chi connectivity index (χ0v) is 24.4. The third-order valence-corrected chi connectivity index (χ3v) is 6.71. The summed E-state index contributed by atoms with van der Waals surface area (Å²) in [6.45, 7) is 12.4. The first-order valence-electron chi connectivity index (χ1n) is 13.7. The number of nitrogens with one attached hydrogen (secondary N) is 3. The number of benzene rings is 1. The number of pyridine rings is 1. The molecule has 1 aromatic heterocycles.